The van der Waals surface area contributed by atoms with E-state index in [9.17, 15) is 17.6 Å². The SMILES string of the molecule is Cn1ncc(N2CCCN(S(=O)(=O)c3ccc(F)cc3)CC2)c(Br)c1=O. The first-order valence-corrected chi connectivity index (χ1v) is 10.3. The van der Waals surface area contributed by atoms with Crippen LogP contribution in [0.5, 0.6) is 0 Å². The first kappa shape index (κ1) is 19.0. The Hall–Kier alpha value is -1.78. The molecule has 140 valence electrons. The molecule has 0 aliphatic carbocycles. The lowest BCUT2D eigenvalue weighted by molar-refractivity contribution is 0.433. The molecule has 2 heterocycles. The van der Waals surface area contributed by atoms with Gasteiger partial charge in [-0.3, -0.25) is 4.79 Å². The van der Waals surface area contributed by atoms with E-state index in [1.807, 2.05) is 4.90 Å². The summed E-state index contributed by atoms with van der Waals surface area (Å²) < 4.78 is 41.6. The van der Waals surface area contributed by atoms with E-state index in [4.69, 9.17) is 0 Å². The number of aryl methyl sites for hydroxylation is 1. The molecule has 10 heteroatoms. The molecule has 1 aliphatic rings. The molecule has 1 aromatic carbocycles. The molecule has 0 N–H and O–H groups in total. The van der Waals surface area contributed by atoms with Crippen molar-refractivity contribution in [1.29, 1.82) is 0 Å². The standard InChI is InChI=1S/C16H18BrFN4O3S/c1-20-16(23)15(17)14(11-19-20)21-7-2-8-22(10-9-21)26(24,25)13-5-3-12(18)4-6-13/h3-6,11H,2,7-10H2,1H3. The molecule has 0 amide bonds. The molecule has 1 aromatic heterocycles. The molecule has 1 fully saturated rings. The average molecular weight is 445 g/mol. The van der Waals surface area contributed by atoms with Gasteiger partial charge in [0.1, 0.15) is 10.3 Å². The maximum absolute atomic E-state index is 13.1. The summed E-state index contributed by atoms with van der Waals surface area (Å²) in [7, 11) is -2.12. The van der Waals surface area contributed by atoms with E-state index in [0.29, 0.717) is 36.2 Å². The van der Waals surface area contributed by atoms with Gasteiger partial charge in [0.25, 0.3) is 5.56 Å². The summed E-state index contributed by atoms with van der Waals surface area (Å²) in [5.74, 6) is -0.478. The van der Waals surface area contributed by atoms with Crippen LogP contribution in [0.15, 0.2) is 44.6 Å². The van der Waals surface area contributed by atoms with E-state index < -0.39 is 15.8 Å². The molecule has 0 bridgehead atoms. The molecule has 26 heavy (non-hydrogen) atoms. The maximum Gasteiger partial charge on any atom is 0.282 e. The van der Waals surface area contributed by atoms with Crippen molar-refractivity contribution in [1.82, 2.24) is 14.1 Å². The highest BCUT2D eigenvalue weighted by molar-refractivity contribution is 9.10. The van der Waals surface area contributed by atoms with Crippen molar-refractivity contribution < 1.29 is 12.8 Å². The van der Waals surface area contributed by atoms with Crippen molar-refractivity contribution in [3.05, 3.63) is 51.1 Å². The molecule has 1 saturated heterocycles. The Morgan fingerprint density at radius 1 is 1.12 bits per heavy atom. The summed E-state index contributed by atoms with van der Waals surface area (Å²) in [6.07, 6.45) is 2.19. The van der Waals surface area contributed by atoms with Gasteiger partial charge in [-0.25, -0.2) is 17.5 Å². The highest BCUT2D eigenvalue weighted by Gasteiger charge is 2.27. The Morgan fingerprint density at radius 3 is 2.50 bits per heavy atom. The fourth-order valence-electron chi connectivity index (χ4n) is 2.85. The largest absolute Gasteiger partial charge is 0.368 e. The Labute approximate surface area is 159 Å². The van der Waals surface area contributed by atoms with Crippen molar-refractivity contribution in [3.8, 4) is 0 Å². The zero-order valence-electron chi connectivity index (χ0n) is 14.1. The van der Waals surface area contributed by atoms with Gasteiger partial charge in [0.2, 0.25) is 10.0 Å². The highest BCUT2D eigenvalue weighted by Crippen LogP contribution is 2.24. The van der Waals surface area contributed by atoms with Crippen LogP contribution in [0.2, 0.25) is 0 Å². The van der Waals surface area contributed by atoms with Gasteiger partial charge in [-0.1, -0.05) is 0 Å². The van der Waals surface area contributed by atoms with Crippen LogP contribution in [-0.2, 0) is 17.1 Å². The van der Waals surface area contributed by atoms with Crippen LogP contribution in [0, 0.1) is 5.82 Å². The van der Waals surface area contributed by atoms with E-state index in [2.05, 4.69) is 21.0 Å². The average Bonchev–Trinajstić information content (AvgIpc) is 2.87. The fourth-order valence-corrected chi connectivity index (χ4v) is 4.93. The van der Waals surface area contributed by atoms with Crippen molar-refractivity contribution >= 4 is 31.6 Å². The monoisotopic (exact) mass is 444 g/mol. The van der Waals surface area contributed by atoms with Gasteiger partial charge in [-0.15, -0.1) is 0 Å². The minimum absolute atomic E-state index is 0.0729. The molecular weight excluding hydrogens is 427 g/mol. The number of nitrogens with zero attached hydrogens (tertiary/aromatic N) is 4. The van der Waals surface area contributed by atoms with Crippen molar-refractivity contribution in [2.75, 3.05) is 31.1 Å². The topological polar surface area (TPSA) is 75.5 Å². The highest BCUT2D eigenvalue weighted by atomic mass is 79.9. The number of sulfonamides is 1. The quantitative estimate of drug-likeness (QED) is 0.718. The number of anilines is 1. The van der Waals surface area contributed by atoms with Crippen LogP contribution in [0.3, 0.4) is 0 Å². The normalized spacial score (nSPS) is 16.5. The smallest absolute Gasteiger partial charge is 0.282 e. The molecule has 0 unspecified atom stereocenters. The summed E-state index contributed by atoms with van der Waals surface area (Å²) in [6.45, 7) is 1.64. The van der Waals surface area contributed by atoms with Gasteiger partial charge in [0.05, 0.1) is 16.8 Å². The first-order valence-electron chi connectivity index (χ1n) is 8.03. The molecule has 0 radical (unpaired) electrons. The molecule has 3 rings (SSSR count). The summed E-state index contributed by atoms with van der Waals surface area (Å²) in [6, 6.07) is 4.82. The lowest BCUT2D eigenvalue weighted by atomic mass is 10.3. The van der Waals surface area contributed by atoms with Gasteiger partial charge in [0.15, 0.2) is 0 Å². The van der Waals surface area contributed by atoms with Crippen LogP contribution in [0.25, 0.3) is 0 Å². The molecular formula is C16H18BrFN4O3S. The molecule has 2 aromatic rings. The third-order valence-corrected chi connectivity index (χ3v) is 6.97. The van der Waals surface area contributed by atoms with Crippen LogP contribution < -0.4 is 10.5 Å². The van der Waals surface area contributed by atoms with E-state index in [0.717, 1.165) is 12.1 Å². The third-order valence-electron chi connectivity index (χ3n) is 4.31. The van der Waals surface area contributed by atoms with E-state index >= 15 is 0 Å². The zero-order chi connectivity index (χ0) is 18.9. The van der Waals surface area contributed by atoms with E-state index in [-0.39, 0.29) is 17.0 Å². The van der Waals surface area contributed by atoms with Gasteiger partial charge in [-0.2, -0.15) is 9.40 Å². The lowest BCUT2D eigenvalue weighted by Gasteiger charge is -2.24. The van der Waals surface area contributed by atoms with Crippen LogP contribution >= 0.6 is 15.9 Å². The summed E-state index contributed by atoms with van der Waals surface area (Å²) >= 11 is 3.31. The fraction of sp³-hybridized carbons (Fsp3) is 0.375. The molecule has 7 nitrogen and oxygen atoms in total. The van der Waals surface area contributed by atoms with E-state index in [1.165, 1.54) is 21.1 Å². The third kappa shape index (κ3) is 3.67. The summed E-state index contributed by atoms with van der Waals surface area (Å²) in [5, 5.41) is 4.03. The van der Waals surface area contributed by atoms with E-state index in [1.54, 1.807) is 13.2 Å². The van der Waals surface area contributed by atoms with Crippen LogP contribution in [0.4, 0.5) is 10.1 Å². The van der Waals surface area contributed by atoms with Crippen molar-refractivity contribution in [3.63, 3.8) is 0 Å². The number of rotatable bonds is 3. The Bertz CT molecular complexity index is 962. The molecule has 1 aliphatic heterocycles. The Balaban J connectivity index is 1.81. The number of benzene rings is 1. The van der Waals surface area contributed by atoms with Crippen LogP contribution in [-0.4, -0.2) is 48.7 Å². The second-order valence-corrected chi connectivity index (χ2v) is 8.70. The number of hydrogen-bond donors (Lipinski definition) is 0. The van der Waals surface area contributed by atoms with Gasteiger partial charge in [-0.05, 0) is 46.6 Å². The zero-order valence-corrected chi connectivity index (χ0v) is 16.5. The maximum atomic E-state index is 13.1. The minimum Gasteiger partial charge on any atom is -0.368 e. The van der Waals surface area contributed by atoms with Crippen molar-refractivity contribution in [2.45, 2.75) is 11.3 Å². The summed E-state index contributed by atoms with van der Waals surface area (Å²) in [5.41, 5.74) is 0.400. The van der Waals surface area contributed by atoms with Gasteiger partial charge < -0.3 is 4.90 Å². The summed E-state index contributed by atoms with van der Waals surface area (Å²) in [4.78, 5) is 14.1. The number of hydrogen-bond acceptors (Lipinski definition) is 5. The molecule has 0 atom stereocenters. The number of halogens is 2. The van der Waals surface area contributed by atoms with Gasteiger partial charge >= 0.3 is 0 Å². The predicted octanol–water partition coefficient (Wildman–Crippen LogP) is 1.58. The Kier molecular flexibility index (Phi) is 5.44. The molecule has 0 saturated carbocycles. The Morgan fingerprint density at radius 2 is 1.81 bits per heavy atom. The van der Waals surface area contributed by atoms with Crippen LogP contribution in [0.1, 0.15) is 6.42 Å². The first-order chi connectivity index (χ1) is 12.3. The number of aromatic nitrogens is 2. The van der Waals surface area contributed by atoms with Gasteiger partial charge in [0, 0.05) is 33.2 Å². The van der Waals surface area contributed by atoms with Crippen molar-refractivity contribution in [2.24, 2.45) is 7.05 Å². The second kappa shape index (κ2) is 7.45. The second-order valence-electron chi connectivity index (χ2n) is 5.97. The predicted molar refractivity (Wildman–Crippen MR) is 99.2 cm³/mol. The lowest BCUT2D eigenvalue weighted by Crippen LogP contribution is -2.36. The molecule has 0 spiro atoms. The minimum atomic E-state index is -3.69.